The second kappa shape index (κ2) is 5.13. The smallest absolute Gasteiger partial charge is 0.0211 e. The number of allylic oxidation sites excluding steroid dienone is 2. The summed E-state index contributed by atoms with van der Waals surface area (Å²) in [4.78, 5) is 0. The highest BCUT2D eigenvalue weighted by Crippen LogP contribution is 2.22. The molecule has 0 fully saturated rings. The van der Waals surface area contributed by atoms with Crippen molar-refractivity contribution in [2.24, 2.45) is 0 Å². The Labute approximate surface area is 97.9 Å². The Morgan fingerprint density at radius 3 is 3.06 bits per heavy atom. The van der Waals surface area contributed by atoms with Crippen molar-refractivity contribution in [3.8, 4) is 0 Å². The molecule has 1 aliphatic heterocycles. The summed E-state index contributed by atoms with van der Waals surface area (Å²) in [6.07, 6.45) is 8.40. The first-order valence-electron chi connectivity index (χ1n) is 5.94. The second-order valence-corrected chi connectivity index (χ2v) is 4.29. The van der Waals surface area contributed by atoms with Crippen molar-refractivity contribution < 1.29 is 0 Å². The number of hydrogen-bond donors (Lipinski definition) is 1. The van der Waals surface area contributed by atoms with E-state index < -0.39 is 0 Å². The van der Waals surface area contributed by atoms with Gasteiger partial charge in [0.25, 0.3) is 0 Å². The molecule has 84 valence electrons. The fraction of sp³-hybridized carbons (Fsp3) is 0.333. The van der Waals surface area contributed by atoms with Gasteiger partial charge in [-0.15, -0.1) is 0 Å². The summed E-state index contributed by atoms with van der Waals surface area (Å²) in [5.41, 5.74) is 5.72. The van der Waals surface area contributed by atoms with Crippen molar-refractivity contribution in [2.45, 2.75) is 26.3 Å². The van der Waals surface area contributed by atoms with Gasteiger partial charge in [0.2, 0.25) is 0 Å². The van der Waals surface area contributed by atoms with Gasteiger partial charge in [-0.2, -0.15) is 0 Å². The minimum Gasteiger partial charge on any atom is -0.313 e. The maximum Gasteiger partial charge on any atom is 0.0211 e. The zero-order valence-corrected chi connectivity index (χ0v) is 9.92. The van der Waals surface area contributed by atoms with E-state index in [9.17, 15) is 0 Å². The van der Waals surface area contributed by atoms with Crippen LogP contribution in [0.5, 0.6) is 0 Å². The Morgan fingerprint density at radius 1 is 1.38 bits per heavy atom. The second-order valence-electron chi connectivity index (χ2n) is 4.29. The van der Waals surface area contributed by atoms with Crippen molar-refractivity contribution in [3.63, 3.8) is 0 Å². The van der Waals surface area contributed by atoms with Gasteiger partial charge in [0.05, 0.1) is 0 Å². The highest BCUT2D eigenvalue weighted by molar-refractivity contribution is 5.58. The Balaban J connectivity index is 2.41. The van der Waals surface area contributed by atoms with Gasteiger partial charge in [0, 0.05) is 6.54 Å². The van der Waals surface area contributed by atoms with E-state index in [-0.39, 0.29) is 0 Å². The molecule has 1 nitrogen and oxygen atoms in total. The van der Waals surface area contributed by atoms with Gasteiger partial charge >= 0.3 is 0 Å². The third-order valence-electron chi connectivity index (χ3n) is 3.25. The molecule has 1 heteroatoms. The third kappa shape index (κ3) is 2.25. The molecule has 1 N–H and O–H groups in total. The van der Waals surface area contributed by atoms with Crippen LogP contribution in [0.4, 0.5) is 0 Å². The maximum absolute atomic E-state index is 3.71. The predicted octanol–water partition coefficient (Wildman–Crippen LogP) is 3.23. The predicted molar refractivity (Wildman–Crippen MR) is 70.4 cm³/mol. The summed E-state index contributed by atoms with van der Waals surface area (Å²) in [5.74, 6) is 0. The van der Waals surface area contributed by atoms with Crippen molar-refractivity contribution in [1.29, 1.82) is 0 Å². The van der Waals surface area contributed by atoms with E-state index in [1.54, 1.807) is 0 Å². The van der Waals surface area contributed by atoms with E-state index in [0.29, 0.717) is 0 Å². The summed E-state index contributed by atoms with van der Waals surface area (Å²) in [6.45, 7) is 8.07. The average Bonchev–Trinajstić information content (AvgIpc) is 2.54. The molecule has 1 aromatic carbocycles. The van der Waals surface area contributed by atoms with Crippen LogP contribution < -0.4 is 5.32 Å². The van der Waals surface area contributed by atoms with Crippen LogP contribution in [-0.2, 0) is 13.0 Å². The van der Waals surface area contributed by atoms with Gasteiger partial charge in [0.1, 0.15) is 0 Å². The molecule has 0 saturated carbocycles. The molecule has 2 rings (SSSR count). The topological polar surface area (TPSA) is 12.0 Å². The van der Waals surface area contributed by atoms with E-state index in [2.05, 4.69) is 37.0 Å². The Kier molecular flexibility index (Phi) is 3.58. The van der Waals surface area contributed by atoms with Crippen molar-refractivity contribution in [1.82, 2.24) is 5.32 Å². The highest BCUT2D eigenvalue weighted by atomic mass is 14.8. The lowest BCUT2D eigenvalue weighted by Gasteiger charge is -2.12. The molecule has 0 saturated heterocycles. The summed E-state index contributed by atoms with van der Waals surface area (Å²) < 4.78 is 0. The van der Waals surface area contributed by atoms with Crippen molar-refractivity contribution >= 4 is 6.08 Å². The minimum atomic E-state index is 1.01. The van der Waals surface area contributed by atoms with Crippen LogP contribution in [0.25, 0.3) is 6.08 Å². The number of benzene rings is 1. The quantitative estimate of drug-likeness (QED) is 0.744. The monoisotopic (exact) mass is 213 g/mol. The lowest BCUT2D eigenvalue weighted by atomic mass is 9.95. The molecule has 1 aliphatic rings. The van der Waals surface area contributed by atoms with E-state index in [1.807, 2.05) is 12.2 Å². The summed E-state index contributed by atoms with van der Waals surface area (Å²) in [7, 11) is 0. The zero-order valence-electron chi connectivity index (χ0n) is 9.92. The standard InChI is InChI=1S/C15H19N/c1-3-4-6-13-8-9-14-7-5-10-16-11-15(14)12(13)2/h3-4,6,8-9,16H,1,5,7,10-11H2,2H3/b6-4-. The molecule has 0 aliphatic carbocycles. The van der Waals surface area contributed by atoms with Crippen LogP contribution in [-0.4, -0.2) is 6.54 Å². The van der Waals surface area contributed by atoms with Crippen LogP contribution in [0.1, 0.15) is 28.7 Å². The zero-order chi connectivity index (χ0) is 11.4. The van der Waals surface area contributed by atoms with Crippen LogP contribution in [0.3, 0.4) is 0 Å². The lowest BCUT2D eigenvalue weighted by molar-refractivity contribution is 0.679. The van der Waals surface area contributed by atoms with E-state index >= 15 is 0 Å². The van der Waals surface area contributed by atoms with Gasteiger partial charge in [-0.1, -0.05) is 36.9 Å². The van der Waals surface area contributed by atoms with Crippen molar-refractivity contribution in [2.75, 3.05) is 6.54 Å². The largest absolute Gasteiger partial charge is 0.313 e. The Morgan fingerprint density at radius 2 is 2.25 bits per heavy atom. The van der Waals surface area contributed by atoms with E-state index in [1.165, 1.54) is 35.1 Å². The molecule has 0 amide bonds. The maximum atomic E-state index is 3.71. The molecule has 0 radical (unpaired) electrons. The minimum absolute atomic E-state index is 1.01. The van der Waals surface area contributed by atoms with Crippen LogP contribution in [0.2, 0.25) is 0 Å². The van der Waals surface area contributed by atoms with Crippen LogP contribution in [0.15, 0.2) is 30.9 Å². The Bertz CT molecular complexity index is 416. The first kappa shape index (κ1) is 11.2. The summed E-state index contributed by atoms with van der Waals surface area (Å²) in [6, 6.07) is 4.50. The SMILES string of the molecule is C=C/C=C\c1ccc2c(c1C)CNCCC2. The number of aryl methyl sites for hydroxylation is 1. The van der Waals surface area contributed by atoms with Gasteiger partial charge in [-0.25, -0.2) is 0 Å². The van der Waals surface area contributed by atoms with Gasteiger partial charge in [-0.05, 0) is 48.6 Å². The first-order chi connectivity index (χ1) is 7.83. The van der Waals surface area contributed by atoms with Gasteiger partial charge in [0.15, 0.2) is 0 Å². The normalized spacial score (nSPS) is 15.8. The van der Waals surface area contributed by atoms with E-state index in [4.69, 9.17) is 0 Å². The molecule has 0 bridgehead atoms. The van der Waals surface area contributed by atoms with Crippen molar-refractivity contribution in [3.05, 3.63) is 53.1 Å². The molecule has 1 heterocycles. The first-order valence-corrected chi connectivity index (χ1v) is 5.94. The molecule has 16 heavy (non-hydrogen) atoms. The molecular weight excluding hydrogens is 194 g/mol. The Hall–Kier alpha value is -1.34. The molecule has 1 aromatic rings. The fourth-order valence-electron chi connectivity index (χ4n) is 2.28. The lowest BCUT2D eigenvalue weighted by Crippen LogP contribution is -2.13. The van der Waals surface area contributed by atoms with Crippen LogP contribution in [0, 0.1) is 6.92 Å². The summed E-state index contributed by atoms with van der Waals surface area (Å²) >= 11 is 0. The highest BCUT2D eigenvalue weighted by Gasteiger charge is 2.10. The molecule has 0 unspecified atom stereocenters. The number of nitrogens with one attached hydrogen (secondary N) is 1. The number of fused-ring (bicyclic) bond motifs is 1. The molecule has 0 aromatic heterocycles. The fourth-order valence-corrected chi connectivity index (χ4v) is 2.28. The molecular formula is C15H19N. The average molecular weight is 213 g/mol. The van der Waals surface area contributed by atoms with Crippen LogP contribution >= 0.6 is 0 Å². The number of rotatable bonds is 2. The summed E-state index contributed by atoms with van der Waals surface area (Å²) in [5, 5.41) is 3.48. The van der Waals surface area contributed by atoms with Gasteiger partial charge < -0.3 is 5.32 Å². The van der Waals surface area contributed by atoms with Gasteiger partial charge in [-0.3, -0.25) is 0 Å². The molecule has 0 spiro atoms. The molecule has 0 atom stereocenters. The van der Waals surface area contributed by atoms with E-state index in [0.717, 1.165) is 13.1 Å². The third-order valence-corrected chi connectivity index (χ3v) is 3.25. The number of hydrogen-bond acceptors (Lipinski definition) is 1.